The summed E-state index contributed by atoms with van der Waals surface area (Å²) >= 11 is 0. The summed E-state index contributed by atoms with van der Waals surface area (Å²) in [5, 5.41) is 28.1. The van der Waals surface area contributed by atoms with E-state index < -0.39 is 24.4 Å². The Balaban J connectivity index is 4.36. The molecule has 0 saturated carbocycles. The van der Waals surface area contributed by atoms with Crippen LogP contribution in [0.2, 0.25) is 0 Å². The van der Waals surface area contributed by atoms with Crippen molar-refractivity contribution in [1.82, 2.24) is 0 Å². The molecule has 0 spiro atoms. The van der Waals surface area contributed by atoms with Crippen molar-refractivity contribution in [3.05, 3.63) is 0 Å². The topological polar surface area (TPSA) is 88.4 Å². The van der Waals surface area contributed by atoms with Crippen molar-refractivity contribution in [3.63, 3.8) is 0 Å². The van der Waals surface area contributed by atoms with E-state index in [4.69, 9.17) is 19.3 Å². The van der Waals surface area contributed by atoms with Gasteiger partial charge in [-0.15, -0.1) is 0 Å². The van der Waals surface area contributed by atoms with Crippen LogP contribution < -0.4 is 0 Å². The molecule has 0 saturated heterocycles. The highest BCUT2D eigenvalue weighted by molar-refractivity contribution is 4.82. The lowest BCUT2D eigenvalue weighted by molar-refractivity contribution is -0.147. The van der Waals surface area contributed by atoms with Crippen LogP contribution in [0.1, 0.15) is 0 Å². The molecule has 92 valence electrons. The Morgan fingerprint density at radius 2 is 1.67 bits per heavy atom. The Kier molecular flexibility index (Phi) is 7.85. The molecular weight excluding hydrogens is 204 g/mol. The number of aliphatic hydroxyl groups is 3. The minimum absolute atomic E-state index is 0.0110. The lowest BCUT2D eigenvalue weighted by Gasteiger charge is -2.30. The molecule has 0 aliphatic heterocycles. The standard InChI is InChI=1S/C9H20O6/c1-13-5-6(11)8(12)9(15-3)7(4-10)14-2/h6-12H,4-5H2,1-3H3/t6-,7-,8-,9+/m0/s1. The molecule has 0 radical (unpaired) electrons. The molecule has 0 unspecified atom stereocenters. The third-order valence-electron chi connectivity index (χ3n) is 2.19. The molecule has 0 rings (SSSR count). The van der Waals surface area contributed by atoms with Gasteiger partial charge in [0.05, 0.1) is 13.2 Å². The van der Waals surface area contributed by atoms with Crippen molar-refractivity contribution in [2.45, 2.75) is 24.4 Å². The third-order valence-corrected chi connectivity index (χ3v) is 2.19. The molecule has 0 fully saturated rings. The van der Waals surface area contributed by atoms with Crippen LogP contribution in [-0.2, 0) is 14.2 Å². The monoisotopic (exact) mass is 224 g/mol. The van der Waals surface area contributed by atoms with Gasteiger partial charge in [0, 0.05) is 21.3 Å². The quantitative estimate of drug-likeness (QED) is 0.459. The molecule has 0 amide bonds. The lowest BCUT2D eigenvalue weighted by Crippen LogP contribution is -2.49. The van der Waals surface area contributed by atoms with E-state index in [1.807, 2.05) is 0 Å². The minimum atomic E-state index is -1.17. The predicted octanol–water partition coefficient (Wildman–Crippen LogP) is -1.62. The maximum atomic E-state index is 9.70. The molecule has 0 aliphatic rings. The number of hydrogen-bond donors (Lipinski definition) is 3. The van der Waals surface area contributed by atoms with E-state index in [0.717, 1.165) is 0 Å². The second-order valence-electron chi connectivity index (χ2n) is 3.17. The zero-order valence-electron chi connectivity index (χ0n) is 9.29. The highest BCUT2D eigenvalue weighted by atomic mass is 16.5. The van der Waals surface area contributed by atoms with Crippen molar-refractivity contribution >= 4 is 0 Å². The first-order valence-electron chi connectivity index (χ1n) is 4.63. The van der Waals surface area contributed by atoms with Gasteiger partial charge in [-0.1, -0.05) is 0 Å². The number of ether oxygens (including phenoxy) is 3. The molecule has 3 N–H and O–H groups in total. The van der Waals surface area contributed by atoms with Gasteiger partial charge < -0.3 is 29.5 Å². The van der Waals surface area contributed by atoms with Gasteiger partial charge >= 0.3 is 0 Å². The Labute approximate surface area is 89.4 Å². The summed E-state index contributed by atoms with van der Waals surface area (Å²) in [6.07, 6.45) is -3.74. The molecule has 6 nitrogen and oxygen atoms in total. The number of aliphatic hydroxyl groups excluding tert-OH is 3. The van der Waals surface area contributed by atoms with Crippen molar-refractivity contribution < 1.29 is 29.5 Å². The van der Waals surface area contributed by atoms with Crippen LogP contribution in [0.5, 0.6) is 0 Å². The Morgan fingerprint density at radius 3 is 2.00 bits per heavy atom. The van der Waals surface area contributed by atoms with E-state index in [0.29, 0.717) is 0 Å². The summed E-state index contributed by atoms with van der Waals surface area (Å²) in [5.74, 6) is 0. The van der Waals surface area contributed by atoms with Crippen LogP contribution in [0.4, 0.5) is 0 Å². The second kappa shape index (κ2) is 7.98. The molecule has 0 aromatic carbocycles. The molecule has 0 aliphatic carbocycles. The smallest absolute Gasteiger partial charge is 0.114 e. The molecular formula is C9H20O6. The SMILES string of the molecule is COC[C@H](O)[C@H](O)[C@H](OC)[C@H](CO)OC. The van der Waals surface area contributed by atoms with Crippen LogP contribution in [0, 0.1) is 0 Å². The average Bonchev–Trinajstić information content (AvgIpc) is 2.25. The van der Waals surface area contributed by atoms with Crippen LogP contribution in [0.15, 0.2) is 0 Å². The summed E-state index contributed by atoms with van der Waals surface area (Å²) in [5.41, 5.74) is 0. The minimum Gasteiger partial charge on any atom is -0.394 e. The van der Waals surface area contributed by atoms with Crippen molar-refractivity contribution in [2.24, 2.45) is 0 Å². The Hall–Kier alpha value is -0.240. The lowest BCUT2D eigenvalue weighted by atomic mass is 10.0. The van der Waals surface area contributed by atoms with Gasteiger partial charge in [0.2, 0.25) is 0 Å². The van der Waals surface area contributed by atoms with E-state index in [1.54, 1.807) is 0 Å². The fraction of sp³-hybridized carbons (Fsp3) is 1.00. The van der Waals surface area contributed by atoms with E-state index >= 15 is 0 Å². The van der Waals surface area contributed by atoms with Gasteiger partial charge in [0.15, 0.2) is 0 Å². The van der Waals surface area contributed by atoms with E-state index in [1.165, 1.54) is 21.3 Å². The first-order valence-corrected chi connectivity index (χ1v) is 4.63. The van der Waals surface area contributed by atoms with Gasteiger partial charge in [-0.05, 0) is 0 Å². The second-order valence-corrected chi connectivity index (χ2v) is 3.17. The van der Waals surface area contributed by atoms with Gasteiger partial charge in [-0.3, -0.25) is 0 Å². The summed E-state index contributed by atoms with van der Waals surface area (Å²) in [6, 6.07) is 0. The highest BCUT2D eigenvalue weighted by Gasteiger charge is 2.32. The number of methoxy groups -OCH3 is 3. The Bertz CT molecular complexity index is 150. The summed E-state index contributed by atoms with van der Waals surface area (Å²) < 4.78 is 14.6. The molecule has 6 heteroatoms. The third kappa shape index (κ3) is 4.42. The highest BCUT2D eigenvalue weighted by Crippen LogP contribution is 2.11. The van der Waals surface area contributed by atoms with Crippen LogP contribution in [-0.4, -0.2) is 74.3 Å². The van der Waals surface area contributed by atoms with Crippen molar-refractivity contribution in [3.8, 4) is 0 Å². The van der Waals surface area contributed by atoms with Gasteiger partial charge in [-0.2, -0.15) is 0 Å². The van der Waals surface area contributed by atoms with Crippen LogP contribution in [0.25, 0.3) is 0 Å². The normalized spacial score (nSPS) is 19.6. The molecule has 0 heterocycles. The summed E-state index contributed by atoms with van der Waals surface area (Å²) in [6.45, 7) is -0.311. The van der Waals surface area contributed by atoms with Crippen molar-refractivity contribution in [2.75, 3.05) is 34.5 Å². The molecule has 0 bridgehead atoms. The molecule has 15 heavy (non-hydrogen) atoms. The maximum absolute atomic E-state index is 9.70. The van der Waals surface area contributed by atoms with Crippen molar-refractivity contribution in [1.29, 1.82) is 0 Å². The van der Waals surface area contributed by atoms with E-state index in [2.05, 4.69) is 0 Å². The number of rotatable bonds is 8. The average molecular weight is 224 g/mol. The van der Waals surface area contributed by atoms with Gasteiger partial charge in [0.1, 0.15) is 24.4 Å². The fourth-order valence-corrected chi connectivity index (χ4v) is 1.31. The zero-order chi connectivity index (χ0) is 11.8. The summed E-state index contributed by atoms with van der Waals surface area (Å²) in [4.78, 5) is 0. The largest absolute Gasteiger partial charge is 0.394 e. The summed E-state index contributed by atoms with van der Waals surface area (Å²) in [7, 11) is 4.18. The first-order chi connectivity index (χ1) is 7.12. The van der Waals surface area contributed by atoms with Crippen LogP contribution in [0.3, 0.4) is 0 Å². The van der Waals surface area contributed by atoms with Gasteiger partial charge in [-0.25, -0.2) is 0 Å². The zero-order valence-corrected chi connectivity index (χ0v) is 9.29. The van der Waals surface area contributed by atoms with E-state index in [9.17, 15) is 10.2 Å². The Morgan fingerprint density at radius 1 is 1.07 bits per heavy atom. The fourth-order valence-electron chi connectivity index (χ4n) is 1.31. The molecule has 4 atom stereocenters. The van der Waals surface area contributed by atoms with Crippen LogP contribution >= 0.6 is 0 Å². The molecule has 0 aromatic heterocycles. The first kappa shape index (κ1) is 14.8. The molecule has 0 aromatic rings. The maximum Gasteiger partial charge on any atom is 0.114 e. The van der Waals surface area contributed by atoms with E-state index in [-0.39, 0.29) is 13.2 Å². The predicted molar refractivity (Wildman–Crippen MR) is 52.6 cm³/mol. The number of hydrogen-bond acceptors (Lipinski definition) is 6. The van der Waals surface area contributed by atoms with Gasteiger partial charge in [0.25, 0.3) is 0 Å².